The molecule has 0 unspecified atom stereocenters. The van der Waals surface area contributed by atoms with Gasteiger partial charge in [-0.2, -0.15) is 0 Å². The highest BCUT2D eigenvalue weighted by Gasteiger charge is 2.31. The van der Waals surface area contributed by atoms with Crippen molar-refractivity contribution >= 4 is 50.9 Å². The lowest BCUT2D eigenvalue weighted by Crippen LogP contribution is -2.54. The number of hydrogen-bond donors (Lipinski definition) is 0. The third kappa shape index (κ3) is 6.85. The molecule has 64 heavy (non-hydrogen) atoms. The maximum absolute atomic E-state index is 17.7. The van der Waals surface area contributed by atoms with Gasteiger partial charge in [0.1, 0.15) is 17.3 Å². The summed E-state index contributed by atoms with van der Waals surface area (Å²) in [5.74, 6) is 1.18. The molecule has 10 aromatic carbocycles. The second kappa shape index (κ2) is 16.4. The van der Waals surface area contributed by atoms with Crippen molar-refractivity contribution in [3.8, 4) is 56.0 Å². The van der Waals surface area contributed by atoms with E-state index < -0.39 is 0 Å². The zero-order valence-corrected chi connectivity index (χ0v) is 35.7. The molecule has 0 aromatic heterocycles. The summed E-state index contributed by atoms with van der Waals surface area (Å²) in [4.78, 5) is 2.08. The normalized spacial score (nSPS) is 11.5. The van der Waals surface area contributed by atoms with Gasteiger partial charge in [-0.05, 0) is 83.4 Å². The number of para-hydroxylation sites is 1. The summed E-state index contributed by atoms with van der Waals surface area (Å²) in [6.07, 6.45) is 0. The Labute approximate surface area is 374 Å². The van der Waals surface area contributed by atoms with Crippen molar-refractivity contribution < 1.29 is 9.13 Å². The fourth-order valence-electron chi connectivity index (χ4n) is 9.74. The summed E-state index contributed by atoms with van der Waals surface area (Å²) in [5, 5.41) is 2.25. The highest BCUT2D eigenvalue weighted by atomic mass is 19.1. The van der Waals surface area contributed by atoms with Crippen molar-refractivity contribution in [2.45, 2.75) is 13.8 Å². The first-order chi connectivity index (χ1) is 31.5. The second-order valence-electron chi connectivity index (χ2n) is 16.6. The SMILES string of the molecule is Cc1ccccc1B(c1ccccc1C)c1ccc2c3c(cccc13)Oc1cc(N(c3ccccc3-c3ccccc3)c3c(F)cc(-c4ccccc4)cc3-c3ccccc3)ccc1-2. The first-order valence-corrected chi connectivity index (χ1v) is 21.9. The molecular formula is C60H43BFNO. The van der Waals surface area contributed by atoms with Gasteiger partial charge in [-0.3, -0.25) is 0 Å². The predicted molar refractivity (Wildman–Crippen MR) is 267 cm³/mol. The highest BCUT2D eigenvalue weighted by molar-refractivity contribution is 6.97. The topological polar surface area (TPSA) is 12.5 Å². The maximum Gasteiger partial charge on any atom is 0.242 e. The van der Waals surface area contributed by atoms with Crippen molar-refractivity contribution in [1.29, 1.82) is 0 Å². The standard InChI is InChI=1S/C60H43BFNO/c1-40-19-12-15-29-52(40)61(53-30-16-13-20-41(53)2)54-36-35-49-48-34-33-46(39-58(48)64-57-32-18-28-50(54)59(49)57)63(56-31-17-14-27-47(56)43-23-8-4-9-24-43)60-51(44-25-10-5-11-26-44)37-45(38-55(60)62)42-21-6-3-7-22-42/h3-39H,1-2H3. The number of benzene rings is 10. The van der Waals surface area contributed by atoms with E-state index in [-0.39, 0.29) is 12.5 Å². The van der Waals surface area contributed by atoms with Crippen LogP contribution in [-0.4, -0.2) is 6.71 Å². The van der Waals surface area contributed by atoms with Crippen LogP contribution in [0.15, 0.2) is 224 Å². The Kier molecular flexibility index (Phi) is 9.98. The van der Waals surface area contributed by atoms with Gasteiger partial charge in [0.15, 0.2) is 0 Å². The number of halogens is 1. The lowest BCUT2D eigenvalue weighted by Gasteiger charge is -2.32. The van der Waals surface area contributed by atoms with E-state index in [1.165, 1.54) is 27.5 Å². The van der Waals surface area contributed by atoms with Gasteiger partial charge in [0.05, 0.1) is 17.1 Å². The minimum atomic E-state index is -0.332. The van der Waals surface area contributed by atoms with Crippen LogP contribution in [-0.2, 0) is 0 Å². The molecule has 11 rings (SSSR count). The molecule has 0 saturated heterocycles. The molecule has 0 amide bonds. The number of fused-ring (bicyclic) bond motifs is 2. The van der Waals surface area contributed by atoms with Crippen LogP contribution in [0.3, 0.4) is 0 Å². The van der Waals surface area contributed by atoms with Gasteiger partial charge in [0.25, 0.3) is 0 Å². The number of aryl methyl sites for hydroxylation is 2. The Morgan fingerprint density at radius 3 is 1.66 bits per heavy atom. The molecule has 0 radical (unpaired) electrons. The van der Waals surface area contributed by atoms with Gasteiger partial charge in [0, 0.05) is 28.1 Å². The minimum absolute atomic E-state index is 0.0238. The first-order valence-electron chi connectivity index (χ1n) is 21.9. The lowest BCUT2D eigenvalue weighted by atomic mass is 9.35. The first kappa shape index (κ1) is 38.9. The Balaban J connectivity index is 1.12. The van der Waals surface area contributed by atoms with Gasteiger partial charge in [-0.25, -0.2) is 4.39 Å². The van der Waals surface area contributed by atoms with Gasteiger partial charge in [0.2, 0.25) is 6.71 Å². The van der Waals surface area contributed by atoms with E-state index in [1.807, 2.05) is 78.9 Å². The molecular weight excluding hydrogens is 780 g/mol. The van der Waals surface area contributed by atoms with E-state index in [9.17, 15) is 0 Å². The Morgan fingerprint density at radius 2 is 0.984 bits per heavy atom. The maximum atomic E-state index is 17.7. The van der Waals surface area contributed by atoms with E-state index in [2.05, 4.69) is 158 Å². The molecule has 1 aliphatic heterocycles. The molecule has 0 bridgehead atoms. The number of anilines is 3. The van der Waals surface area contributed by atoms with E-state index >= 15 is 4.39 Å². The fourth-order valence-corrected chi connectivity index (χ4v) is 9.74. The number of nitrogens with zero attached hydrogens (tertiary/aromatic N) is 1. The molecule has 1 heterocycles. The van der Waals surface area contributed by atoms with Gasteiger partial charge in [-0.1, -0.05) is 210 Å². The summed E-state index contributed by atoms with van der Waals surface area (Å²) in [5.41, 5.74) is 15.9. The van der Waals surface area contributed by atoms with Gasteiger partial charge < -0.3 is 9.64 Å². The third-order valence-corrected chi connectivity index (χ3v) is 12.8. The summed E-state index contributed by atoms with van der Waals surface area (Å²) < 4.78 is 24.7. The molecule has 0 spiro atoms. The molecule has 0 saturated carbocycles. The Bertz CT molecular complexity index is 3300. The van der Waals surface area contributed by atoms with Crippen molar-refractivity contribution in [2.24, 2.45) is 0 Å². The molecule has 2 nitrogen and oxygen atoms in total. The molecule has 4 heteroatoms. The van der Waals surface area contributed by atoms with E-state index in [0.717, 1.165) is 72.4 Å². The van der Waals surface area contributed by atoms with Crippen molar-refractivity contribution in [3.63, 3.8) is 0 Å². The number of hydrogen-bond acceptors (Lipinski definition) is 2. The average molecular weight is 824 g/mol. The molecule has 10 aromatic rings. The monoisotopic (exact) mass is 823 g/mol. The van der Waals surface area contributed by atoms with Crippen LogP contribution in [0.25, 0.3) is 55.3 Å². The summed E-state index contributed by atoms with van der Waals surface area (Å²) in [7, 11) is 0. The highest BCUT2D eigenvalue weighted by Crippen LogP contribution is 2.51. The second-order valence-corrected chi connectivity index (χ2v) is 16.6. The van der Waals surface area contributed by atoms with Crippen LogP contribution in [0.5, 0.6) is 11.5 Å². The molecule has 0 fully saturated rings. The Hall–Kier alpha value is -7.95. The van der Waals surface area contributed by atoms with Crippen LogP contribution >= 0.6 is 0 Å². The zero-order valence-electron chi connectivity index (χ0n) is 35.7. The van der Waals surface area contributed by atoms with Crippen LogP contribution in [0.2, 0.25) is 0 Å². The fraction of sp³-hybridized carbons (Fsp3) is 0.0333. The molecule has 304 valence electrons. The summed E-state index contributed by atoms with van der Waals surface area (Å²) in [6, 6.07) is 77.3. The van der Waals surface area contributed by atoms with Crippen molar-refractivity contribution in [1.82, 2.24) is 0 Å². The van der Waals surface area contributed by atoms with Crippen molar-refractivity contribution in [2.75, 3.05) is 4.90 Å². The molecule has 1 aliphatic rings. The Morgan fingerprint density at radius 1 is 0.406 bits per heavy atom. The van der Waals surface area contributed by atoms with Crippen LogP contribution < -0.4 is 26.0 Å². The van der Waals surface area contributed by atoms with Gasteiger partial charge in [-0.15, -0.1) is 0 Å². The number of rotatable bonds is 9. The summed E-state index contributed by atoms with van der Waals surface area (Å²) in [6.45, 7) is 4.43. The lowest BCUT2D eigenvalue weighted by molar-refractivity contribution is 0.487. The summed E-state index contributed by atoms with van der Waals surface area (Å²) >= 11 is 0. The minimum Gasteiger partial charge on any atom is -0.456 e. The smallest absolute Gasteiger partial charge is 0.242 e. The van der Waals surface area contributed by atoms with Gasteiger partial charge >= 0.3 is 0 Å². The van der Waals surface area contributed by atoms with E-state index in [0.29, 0.717) is 11.4 Å². The molecule has 0 atom stereocenters. The average Bonchev–Trinajstić information content (AvgIpc) is 3.34. The largest absolute Gasteiger partial charge is 0.456 e. The predicted octanol–water partition coefficient (Wildman–Crippen LogP) is 14.4. The zero-order chi connectivity index (χ0) is 43.1. The molecule has 0 N–H and O–H groups in total. The number of ether oxygens (including phenoxy) is 1. The quantitative estimate of drug-likeness (QED) is 0.134. The van der Waals surface area contributed by atoms with Crippen LogP contribution in [0.4, 0.5) is 21.5 Å². The van der Waals surface area contributed by atoms with Crippen molar-refractivity contribution in [3.05, 3.63) is 241 Å². The molecule has 0 aliphatic carbocycles. The third-order valence-electron chi connectivity index (χ3n) is 12.8. The van der Waals surface area contributed by atoms with Crippen LogP contribution in [0.1, 0.15) is 11.1 Å². The van der Waals surface area contributed by atoms with E-state index in [4.69, 9.17) is 4.74 Å². The van der Waals surface area contributed by atoms with E-state index in [1.54, 1.807) is 6.07 Å². The van der Waals surface area contributed by atoms with Crippen LogP contribution in [0, 0.1) is 19.7 Å².